The molecule has 2 rings (SSSR count). The molecule has 106 valence electrons. The summed E-state index contributed by atoms with van der Waals surface area (Å²) in [6.45, 7) is 4.13. The summed E-state index contributed by atoms with van der Waals surface area (Å²) in [4.78, 5) is 16.9. The number of hydrogen-bond acceptors (Lipinski definition) is 2. The molecule has 0 spiro atoms. The van der Waals surface area contributed by atoms with Crippen LogP contribution in [0.15, 0.2) is 39.3 Å². The van der Waals surface area contributed by atoms with Crippen LogP contribution in [0.2, 0.25) is 0 Å². The first kappa shape index (κ1) is 15.7. The predicted molar refractivity (Wildman–Crippen MR) is 91.4 cm³/mol. The van der Waals surface area contributed by atoms with E-state index in [1.54, 1.807) is 16.2 Å². The highest BCUT2D eigenvalue weighted by Crippen LogP contribution is 2.29. The second-order valence-electron chi connectivity index (χ2n) is 4.66. The molecular formula is C15H15Br2NOS. The quantitative estimate of drug-likeness (QED) is 0.654. The van der Waals surface area contributed by atoms with E-state index >= 15 is 0 Å². The maximum atomic E-state index is 12.6. The van der Waals surface area contributed by atoms with E-state index in [1.165, 1.54) is 9.75 Å². The molecule has 0 fully saturated rings. The lowest BCUT2D eigenvalue weighted by molar-refractivity contribution is 0.0744. The monoisotopic (exact) mass is 415 g/mol. The Morgan fingerprint density at radius 1 is 1.25 bits per heavy atom. The number of rotatable bonds is 3. The number of hydrogen-bond donors (Lipinski definition) is 0. The summed E-state index contributed by atoms with van der Waals surface area (Å²) >= 11 is 8.58. The second kappa shape index (κ2) is 6.41. The highest BCUT2D eigenvalue weighted by molar-refractivity contribution is 9.11. The van der Waals surface area contributed by atoms with Crippen molar-refractivity contribution < 1.29 is 4.79 Å². The van der Waals surface area contributed by atoms with Crippen LogP contribution in [0, 0.1) is 6.92 Å². The molecule has 1 unspecified atom stereocenters. The van der Waals surface area contributed by atoms with Gasteiger partial charge in [-0.3, -0.25) is 4.79 Å². The Kier molecular flexibility index (Phi) is 5.04. The zero-order chi connectivity index (χ0) is 14.9. The lowest BCUT2D eigenvalue weighted by atomic mass is 10.1. The van der Waals surface area contributed by atoms with Crippen LogP contribution in [0.5, 0.6) is 0 Å². The minimum absolute atomic E-state index is 0.0109. The third-order valence-electron chi connectivity index (χ3n) is 3.23. The summed E-state index contributed by atoms with van der Waals surface area (Å²) in [6.07, 6.45) is 0. The van der Waals surface area contributed by atoms with Gasteiger partial charge in [0.05, 0.1) is 11.6 Å². The number of carbonyl (C=O) groups excluding carboxylic acids is 1. The van der Waals surface area contributed by atoms with E-state index in [2.05, 4.69) is 57.8 Å². The van der Waals surface area contributed by atoms with E-state index in [0.717, 1.165) is 8.95 Å². The number of aryl methyl sites for hydroxylation is 1. The molecule has 1 amide bonds. The maximum absolute atomic E-state index is 12.6. The summed E-state index contributed by atoms with van der Waals surface area (Å²) in [6, 6.07) is 9.87. The van der Waals surface area contributed by atoms with Gasteiger partial charge in [0.1, 0.15) is 0 Å². The molecule has 0 aliphatic heterocycles. The van der Waals surface area contributed by atoms with Crippen LogP contribution in [0.1, 0.15) is 33.1 Å². The van der Waals surface area contributed by atoms with Crippen molar-refractivity contribution in [2.24, 2.45) is 0 Å². The number of nitrogens with zero attached hydrogens (tertiary/aromatic N) is 1. The molecule has 1 heterocycles. The van der Waals surface area contributed by atoms with E-state index < -0.39 is 0 Å². The van der Waals surface area contributed by atoms with Gasteiger partial charge in [0.2, 0.25) is 0 Å². The first-order valence-corrected chi connectivity index (χ1v) is 8.59. The number of halogens is 2. The molecule has 5 heteroatoms. The summed E-state index contributed by atoms with van der Waals surface area (Å²) in [5.74, 6) is 0.0109. The molecule has 0 N–H and O–H groups in total. The Balaban J connectivity index is 2.26. The van der Waals surface area contributed by atoms with Gasteiger partial charge in [0, 0.05) is 25.7 Å². The van der Waals surface area contributed by atoms with Gasteiger partial charge in [-0.1, -0.05) is 15.9 Å². The van der Waals surface area contributed by atoms with Crippen molar-refractivity contribution in [3.05, 3.63) is 54.6 Å². The topological polar surface area (TPSA) is 20.3 Å². The van der Waals surface area contributed by atoms with Gasteiger partial charge < -0.3 is 4.90 Å². The van der Waals surface area contributed by atoms with E-state index in [4.69, 9.17) is 0 Å². The van der Waals surface area contributed by atoms with Gasteiger partial charge in [-0.05, 0) is 60.1 Å². The Labute approximate surface area is 140 Å². The molecular weight excluding hydrogens is 402 g/mol. The Bertz CT molecular complexity index is 639. The van der Waals surface area contributed by atoms with Crippen molar-refractivity contribution >= 4 is 49.1 Å². The minimum Gasteiger partial charge on any atom is -0.334 e. The maximum Gasteiger partial charge on any atom is 0.255 e. The Hall–Kier alpha value is -0.650. The normalized spacial score (nSPS) is 12.2. The lowest BCUT2D eigenvalue weighted by Gasteiger charge is -2.24. The average Bonchev–Trinajstić information content (AvgIpc) is 2.85. The van der Waals surface area contributed by atoms with Crippen LogP contribution in [0.25, 0.3) is 0 Å². The first-order valence-electron chi connectivity index (χ1n) is 6.18. The molecule has 0 aliphatic rings. The van der Waals surface area contributed by atoms with Gasteiger partial charge >= 0.3 is 0 Å². The fourth-order valence-corrected chi connectivity index (χ4v) is 3.65. The molecule has 20 heavy (non-hydrogen) atoms. The smallest absolute Gasteiger partial charge is 0.255 e. The summed E-state index contributed by atoms with van der Waals surface area (Å²) in [5.41, 5.74) is 0.669. The van der Waals surface area contributed by atoms with E-state index in [0.29, 0.717) is 5.56 Å². The standard InChI is InChI=1S/C15H15Br2NOS/c1-9-4-7-14(20-9)10(2)18(3)15(19)12-8-11(16)5-6-13(12)17/h4-8,10H,1-3H3. The molecule has 1 aromatic carbocycles. The fraction of sp³-hybridized carbons (Fsp3) is 0.267. The van der Waals surface area contributed by atoms with E-state index in [9.17, 15) is 4.79 Å². The second-order valence-corrected chi connectivity index (χ2v) is 7.75. The molecule has 2 aromatic rings. The third kappa shape index (κ3) is 3.32. The number of carbonyl (C=O) groups is 1. The Morgan fingerprint density at radius 3 is 2.55 bits per heavy atom. The fourth-order valence-electron chi connectivity index (χ4n) is 1.90. The Morgan fingerprint density at radius 2 is 1.95 bits per heavy atom. The van der Waals surface area contributed by atoms with Crippen LogP contribution in [-0.4, -0.2) is 17.9 Å². The SMILES string of the molecule is Cc1ccc(C(C)N(C)C(=O)c2cc(Br)ccc2Br)s1. The molecule has 0 aliphatic carbocycles. The lowest BCUT2D eigenvalue weighted by Crippen LogP contribution is -2.29. The van der Waals surface area contributed by atoms with Crippen molar-refractivity contribution in [3.8, 4) is 0 Å². The first-order chi connectivity index (χ1) is 9.40. The average molecular weight is 417 g/mol. The number of benzene rings is 1. The summed E-state index contributed by atoms with van der Waals surface area (Å²) in [5, 5.41) is 0. The van der Waals surface area contributed by atoms with E-state index in [1.807, 2.05) is 25.2 Å². The van der Waals surface area contributed by atoms with Crippen LogP contribution in [0.3, 0.4) is 0 Å². The van der Waals surface area contributed by atoms with Crippen molar-refractivity contribution in [2.75, 3.05) is 7.05 Å². The molecule has 1 atom stereocenters. The van der Waals surface area contributed by atoms with Gasteiger partial charge in [-0.15, -0.1) is 11.3 Å². The van der Waals surface area contributed by atoms with E-state index in [-0.39, 0.29) is 11.9 Å². The summed E-state index contributed by atoms with van der Waals surface area (Å²) in [7, 11) is 1.84. The molecule has 0 radical (unpaired) electrons. The number of thiophene rings is 1. The van der Waals surface area contributed by atoms with Crippen molar-refractivity contribution in [3.63, 3.8) is 0 Å². The molecule has 1 aromatic heterocycles. The minimum atomic E-state index is 0.0109. The zero-order valence-electron chi connectivity index (χ0n) is 11.5. The van der Waals surface area contributed by atoms with Crippen LogP contribution in [0.4, 0.5) is 0 Å². The third-order valence-corrected chi connectivity index (χ3v) is 5.59. The largest absolute Gasteiger partial charge is 0.334 e. The highest BCUT2D eigenvalue weighted by Gasteiger charge is 2.21. The zero-order valence-corrected chi connectivity index (χ0v) is 15.5. The van der Waals surface area contributed by atoms with Gasteiger partial charge in [-0.2, -0.15) is 0 Å². The predicted octanol–water partition coefficient (Wildman–Crippen LogP) is 5.41. The van der Waals surface area contributed by atoms with Crippen molar-refractivity contribution in [1.29, 1.82) is 0 Å². The number of amides is 1. The van der Waals surface area contributed by atoms with Crippen molar-refractivity contribution in [1.82, 2.24) is 4.90 Å². The molecule has 2 nitrogen and oxygen atoms in total. The van der Waals surface area contributed by atoms with Gasteiger partial charge in [-0.25, -0.2) is 0 Å². The van der Waals surface area contributed by atoms with Gasteiger partial charge in [0.25, 0.3) is 5.91 Å². The highest BCUT2D eigenvalue weighted by atomic mass is 79.9. The molecule has 0 saturated carbocycles. The van der Waals surface area contributed by atoms with Gasteiger partial charge in [0.15, 0.2) is 0 Å². The van der Waals surface area contributed by atoms with Crippen LogP contribution in [-0.2, 0) is 0 Å². The van der Waals surface area contributed by atoms with Crippen molar-refractivity contribution in [2.45, 2.75) is 19.9 Å². The summed E-state index contributed by atoms with van der Waals surface area (Å²) < 4.78 is 1.71. The van der Waals surface area contributed by atoms with Crippen LogP contribution < -0.4 is 0 Å². The molecule has 0 saturated heterocycles. The van der Waals surface area contributed by atoms with Crippen LogP contribution >= 0.6 is 43.2 Å². The molecule has 0 bridgehead atoms.